The molecule has 7 heteroatoms. The Morgan fingerprint density at radius 1 is 0.882 bits per heavy atom. The summed E-state index contributed by atoms with van der Waals surface area (Å²) in [4.78, 5) is 38.3. The lowest BCUT2D eigenvalue weighted by molar-refractivity contribution is -0.139. The summed E-state index contributed by atoms with van der Waals surface area (Å²) < 4.78 is 5.50. The SMILES string of the molecule is O=C(NCC(=O)N1CCC(C(=O)O)c2ccccc21)OCC1c2ccccc2-c2ccccc21. The zero-order valence-corrected chi connectivity index (χ0v) is 18.4. The molecule has 0 fully saturated rings. The number of hydrogen-bond acceptors (Lipinski definition) is 4. The van der Waals surface area contributed by atoms with E-state index >= 15 is 0 Å². The molecule has 2 N–H and O–H groups in total. The second-order valence-corrected chi connectivity index (χ2v) is 8.46. The smallest absolute Gasteiger partial charge is 0.407 e. The van der Waals surface area contributed by atoms with Crippen LogP contribution in [0.15, 0.2) is 72.8 Å². The van der Waals surface area contributed by atoms with E-state index in [-0.39, 0.29) is 31.5 Å². The Labute approximate surface area is 197 Å². The van der Waals surface area contributed by atoms with E-state index in [1.807, 2.05) is 36.4 Å². The van der Waals surface area contributed by atoms with Gasteiger partial charge in [0.15, 0.2) is 0 Å². The summed E-state index contributed by atoms with van der Waals surface area (Å²) >= 11 is 0. The van der Waals surface area contributed by atoms with Crippen molar-refractivity contribution in [2.75, 3.05) is 24.6 Å². The predicted molar refractivity (Wildman–Crippen MR) is 127 cm³/mol. The van der Waals surface area contributed by atoms with Gasteiger partial charge in [0.2, 0.25) is 5.91 Å². The molecule has 1 aliphatic heterocycles. The monoisotopic (exact) mass is 456 g/mol. The second-order valence-electron chi connectivity index (χ2n) is 8.46. The summed E-state index contributed by atoms with van der Waals surface area (Å²) in [5.41, 5.74) is 5.70. The van der Waals surface area contributed by atoms with Crippen LogP contribution in [0.5, 0.6) is 0 Å². The molecule has 0 spiro atoms. The van der Waals surface area contributed by atoms with E-state index < -0.39 is 18.0 Å². The highest BCUT2D eigenvalue weighted by Crippen LogP contribution is 2.44. The first kappa shape index (κ1) is 21.7. The summed E-state index contributed by atoms with van der Waals surface area (Å²) in [6.07, 6.45) is -0.341. The van der Waals surface area contributed by atoms with Crippen LogP contribution >= 0.6 is 0 Å². The highest BCUT2D eigenvalue weighted by molar-refractivity contribution is 5.98. The number of hydrogen-bond donors (Lipinski definition) is 2. The largest absolute Gasteiger partial charge is 0.481 e. The molecular formula is C27H24N2O5. The quantitative estimate of drug-likeness (QED) is 0.602. The average molecular weight is 456 g/mol. The fourth-order valence-corrected chi connectivity index (χ4v) is 4.97. The average Bonchev–Trinajstić information content (AvgIpc) is 3.19. The summed E-state index contributed by atoms with van der Waals surface area (Å²) in [5, 5.41) is 12.0. The molecule has 1 aliphatic carbocycles. The fourth-order valence-electron chi connectivity index (χ4n) is 4.97. The van der Waals surface area contributed by atoms with Gasteiger partial charge in [-0.1, -0.05) is 66.7 Å². The molecule has 172 valence electrons. The molecule has 7 nitrogen and oxygen atoms in total. The third kappa shape index (κ3) is 3.90. The molecule has 0 saturated carbocycles. The van der Waals surface area contributed by atoms with Gasteiger partial charge in [-0.2, -0.15) is 0 Å². The number of nitrogens with zero attached hydrogens (tertiary/aromatic N) is 1. The van der Waals surface area contributed by atoms with E-state index in [2.05, 4.69) is 17.4 Å². The Morgan fingerprint density at radius 3 is 2.12 bits per heavy atom. The fraction of sp³-hybridized carbons (Fsp3) is 0.222. The van der Waals surface area contributed by atoms with Crippen molar-refractivity contribution in [3.8, 4) is 11.1 Å². The van der Waals surface area contributed by atoms with Crippen LogP contribution in [0, 0.1) is 0 Å². The first-order valence-corrected chi connectivity index (χ1v) is 11.3. The van der Waals surface area contributed by atoms with Crippen LogP contribution in [0.25, 0.3) is 11.1 Å². The molecule has 5 rings (SSSR count). The summed E-state index contributed by atoms with van der Waals surface area (Å²) in [7, 11) is 0. The van der Waals surface area contributed by atoms with Crippen molar-refractivity contribution in [3.05, 3.63) is 89.5 Å². The molecule has 3 aromatic rings. The van der Waals surface area contributed by atoms with Crippen molar-refractivity contribution in [3.63, 3.8) is 0 Å². The van der Waals surface area contributed by atoms with Gasteiger partial charge in [0.1, 0.15) is 13.2 Å². The van der Waals surface area contributed by atoms with Crippen molar-refractivity contribution in [2.24, 2.45) is 0 Å². The van der Waals surface area contributed by atoms with Crippen LogP contribution in [-0.4, -0.2) is 42.8 Å². The van der Waals surface area contributed by atoms with Gasteiger partial charge < -0.3 is 20.1 Å². The zero-order valence-electron chi connectivity index (χ0n) is 18.4. The molecule has 0 aromatic heterocycles. The van der Waals surface area contributed by atoms with Crippen molar-refractivity contribution in [1.82, 2.24) is 5.32 Å². The third-order valence-electron chi connectivity index (χ3n) is 6.57. The Balaban J connectivity index is 1.21. The van der Waals surface area contributed by atoms with Gasteiger partial charge in [-0.25, -0.2) is 4.79 Å². The topological polar surface area (TPSA) is 95.9 Å². The number of benzene rings is 3. The van der Waals surface area contributed by atoms with Gasteiger partial charge in [0.25, 0.3) is 0 Å². The number of nitrogens with one attached hydrogen (secondary N) is 1. The normalized spacial score (nSPS) is 16.2. The highest BCUT2D eigenvalue weighted by atomic mass is 16.5. The lowest BCUT2D eigenvalue weighted by Gasteiger charge is -2.32. The summed E-state index contributed by atoms with van der Waals surface area (Å²) in [5.74, 6) is -1.92. The lowest BCUT2D eigenvalue weighted by Crippen LogP contribution is -2.44. The van der Waals surface area contributed by atoms with Gasteiger partial charge >= 0.3 is 12.1 Å². The van der Waals surface area contributed by atoms with Gasteiger partial charge in [0, 0.05) is 18.2 Å². The van der Waals surface area contributed by atoms with E-state index in [1.165, 1.54) is 4.90 Å². The number of carboxylic acids is 1. The number of anilines is 1. The van der Waals surface area contributed by atoms with Crippen molar-refractivity contribution < 1.29 is 24.2 Å². The molecule has 1 unspecified atom stereocenters. The molecule has 2 amide bonds. The molecule has 2 aliphatic rings. The Bertz CT molecular complexity index is 1230. The van der Waals surface area contributed by atoms with E-state index in [4.69, 9.17) is 4.74 Å². The molecule has 3 aromatic carbocycles. The molecule has 1 heterocycles. The van der Waals surface area contributed by atoms with Gasteiger partial charge in [-0.3, -0.25) is 9.59 Å². The number of carbonyl (C=O) groups is 3. The van der Waals surface area contributed by atoms with Crippen molar-refractivity contribution in [1.29, 1.82) is 0 Å². The van der Waals surface area contributed by atoms with Crippen molar-refractivity contribution in [2.45, 2.75) is 18.3 Å². The number of para-hydroxylation sites is 1. The molecule has 0 bridgehead atoms. The minimum Gasteiger partial charge on any atom is -0.481 e. The molecule has 0 saturated heterocycles. The first-order valence-electron chi connectivity index (χ1n) is 11.3. The number of fused-ring (bicyclic) bond motifs is 4. The second kappa shape index (κ2) is 9.02. The maximum absolute atomic E-state index is 12.8. The van der Waals surface area contributed by atoms with E-state index in [1.54, 1.807) is 24.3 Å². The van der Waals surface area contributed by atoms with Crippen LogP contribution in [0.2, 0.25) is 0 Å². The van der Waals surface area contributed by atoms with Crippen LogP contribution in [-0.2, 0) is 14.3 Å². The zero-order chi connectivity index (χ0) is 23.7. The number of carboxylic acid groups (broad SMARTS) is 1. The van der Waals surface area contributed by atoms with Crippen molar-refractivity contribution >= 4 is 23.7 Å². The maximum atomic E-state index is 12.8. The van der Waals surface area contributed by atoms with Gasteiger partial charge in [-0.05, 0) is 40.3 Å². The standard InChI is InChI=1S/C27H24N2O5/c30-25(29-14-13-22(26(31)32)21-11-5-6-12-24(21)29)15-28-27(33)34-16-23-19-9-3-1-7-17(19)18-8-2-4-10-20(18)23/h1-12,22-23H,13-16H2,(H,28,33)(H,31,32). The number of rotatable bonds is 5. The minimum absolute atomic E-state index is 0.0595. The van der Waals surface area contributed by atoms with Crippen LogP contribution in [0.3, 0.4) is 0 Å². The third-order valence-corrected chi connectivity index (χ3v) is 6.57. The number of amides is 2. The highest BCUT2D eigenvalue weighted by Gasteiger charge is 2.33. The number of alkyl carbamates (subject to hydrolysis) is 1. The van der Waals surface area contributed by atoms with Gasteiger partial charge in [-0.15, -0.1) is 0 Å². The Hall–Kier alpha value is -4.13. The molecule has 0 radical (unpaired) electrons. The number of carbonyl (C=O) groups excluding carboxylic acids is 2. The number of ether oxygens (including phenoxy) is 1. The first-order chi connectivity index (χ1) is 16.5. The van der Waals surface area contributed by atoms with Crippen LogP contribution < -0.4 is 10.2 Å². The Morgan fingerprint density at radius 2 is 1.47 bits per heavy atom. The summed E-state index contributed by atoms with van der Waals surface area (Å²) in [6, 6.07) is 23.2. The minimum atomic E-state index is -0.906. The van der Waals surface area contributed by atoms with Crippen LogP contribution in [0.1, 0.15) is 34.9 Å². The van der Waals surface area contributed by atoms with Crippen LogP contribution in [0.4, 0.5) is 10.5 Å². The van der Waals surface area contributed by atoms with E-state index in [0.29, 0.717) is 17.7 Å². The predicted octanol–water partition coefficient (Wildman–Crippen LogP) is 4.13. The Kier molecular flexibility index (Phi) is 5.76. The molecule has 34 heavy (non-hydrogen) atoms. The molecular weight excluding hydrogens is 432 g/mol. The van der Waals surface area contributed by atoms with E-state index in [9.17, 15) is 19.5 Å². The molecule has 1 atom stereocenters. The summed E-state index contributed by atoms with van der Waals surface area (Å²) in [6.45, 7) is 0.211. The van der Waals surface area contributed by atoms with Gasteiger partial charge in [0.05, 0.1) is 5.92 Å². The lowest BCUT2D eigenvalue weighted by atomic mass is 9.90. The van der Waals surface area contributed by atoms with E-state index in [0.717, 1.165) is 22.3 Å². The maximum Gasteiger partial charge on any atom is 0.407 e. The number of aliphatic carboxylic acids is 1.